The highest BCUT2D eigenvalue weighted by atomic mass is 127. The van der Waals surface area contributed by atoms with Gasteiger partial charge in [0.05, 0.1) is 12.0 Å². The predicted octanol–water partition coefficient (Wildman–Crippen LogP) is 2.24. The number of nitrogens with zero attached hydrogens (tertiary/aromatic N) is 1. The van der Waals surface area contributed by atoms with Crippen molar-refractivity contribution in [3.8, 4) is 0 Å². The summed E-state index contributed by atoms with van der Waals surface area (Å²) in [5, 5.41) is 10.8. The van der Waals surface area contributed by atoms with Crippen molar-refractivity contribution in [1.29, 1.82) is 0 Å². The highest BCUT2D eigenvalue weighted by molar-refractivity contribution is 14.1. The number of rotatable bonds is 3. The minimum absolute atomic E-state index is 0.259. The van der Waals surface area contributed by atoms with Crippen LogP contribution in [0.15, 0.2) is 36.0 Å². The average molecular weight is 333 g/mol. The summed E-state index contributed by atoms with van der Waals surface area (Å²) in [7, 11) is 1.11. The predicted molar refractivity (Wildman–Crippen MR) is 66.4 cm³/mol. The Labute approximate surface area is 105 Å². The van der Waals surface area contributed by atoms with E-state index in [-0.39, 0.29) is 3.58 Å². The summed E-state index contributed by atoms with van der Waals surface area (Å²) < 4.78 is 4.63. The van der Waals surface area contributed by atoms with E-state index in [1.54, 1.807) is 52.9 Å². The van der Waals surface area contributed by atoms with Crippen LogP contribution >= 0.6 is 22.6 Å². The molecule has 16 heavy (non-hydrogen) atoms. The number of halogens is 1. The van der Waals surface area contributed by atoms with Gasteiger partial charge in [0.15, 0.2) is 0 Å². The number of ether oxygens (including phenoxy) is 1. The van der Waals surface area contributed by atoms with Crippen molar-refractivity contribution in [2.75, 3.05) is 7.11 Å². The monoisotopic (exact) mass is 333 g/mol. The molecule has 0 radical (unpaired) electrons. The van der Waals surface area contributed by atoms with Crippen molar-refractivity contribution >= 4 is 32.1 Å². The van der Waals surface area contributed by atoms with E-state index in [1.165, 1.54) is 0 Å². The van der Waals surface area contributed by atoms with Crippen LogP contribution < -0.4 is 0 Å². The van der Waals surface area contributed by atoms with E-state index >= 15 is 0 Å². The Kier molecular flexibility index (Phi) is 4.41. The smallest absolute Gasteiger partial charge is 0.410 e. The van der Waals surface area contributed by atoms with Crippen LogP contribution in [-0.2, 0) is 9.53 Å². The van der Waals surface area contributed by atoms with E-state index in [9.17, 15) is 14.9 Å². The quantitative estimate of drug-likeness (QED) is 0.280. The standard InChI is InChI=1S/C10H8INO4/c1-16-10(13)9(12(14)15)8(11)7-5-3-2-4-6-7/h2-6H,1H3/b9-8+. The van der Waals surface area contributed by atoms with Crippen molar-refractivity contribution in [3.05, 3.63) is 51.7 Å². The molecule has 1 aromatic carbocycles. The molecule has 0 heterocycles. The van der Waals surface area contributed by atoms with Crippen molar-refractivity contribution in [2.24, 2.45) is 0 Å². The molecule has 0 aliphatic heterocycles. The summed E-state index contributed by atoms with van der Waals surface area (Å²) in [5.41, 5.74) is 0.0644. The Morgan fingerprint density at radius 3 is 2.38 bits per heavy atom. The highest BCUT2D eigenvalue weighted by Gasteiger charge is 2.27. The summed E-state index contributed by atoms with van der Waals surface area (Å²) >= 11 is 1.76. The van der Waals surface area contributed by atoms with Gasteiger partial charge < -0.3 is 4.74 Å². The third-order valence-electron chi connectivity index (χ3n) is 1.80. The Bertz CT molecular complexity index is 441. The molecule has 0 aliphatic rings. The highest BCUT2D eigenvalue weighted by Crippen LogP contribution is 2.26. The van der Waals surface area contributed by atoms with Gasteiger partial charge in [-0.25, -0.2) is 4.79 Å². The lowest BCUT2D eigenvalue weighted by atomic mass is 10.2. The first kappa shape index (κ1) is 12.6. The summed E-state index contributed by atoms with van der Waals surface area (Å²) in [5.74, 6) is -0.946. The second-order valence-electron chi connectivity index (χ2n) is 2.78. The summed E-state index contributed by atoms with van der Waals surface area (Å²) in [6.07, 6.45) is 0. The molecule has 0 atom stereocenters. The molecule has 0 fully saturated rings. The summed E-state index contributed by atoms with van der Waals surface area (Å²) in [4.78, 5) is 21.3. The van der Waals surface area contributed by atoms with Gasteiger partial charge in [-0.2, -0.15) is 0 Å². The topological polar surface area (TPSA) is 69.4 Å². The molecule has 0 N–H and O–H groups in total. The number of carbonyl (C=O) groups is 1. The lowest BCUT2D eigenvalue weighted by molar-refractivity contribution is -0.419. The molecule has 0 amide bonds. The van der Waals surface area contributed by atoms with Crippen LogP contribution in [0, 0.1) is 10.1 Å². The second-order valence-corrected chi connectivity index (χ2v) is 3.86. The number of hydrogen-bond acceptors (Lipinski definition) is 4. The first-order chi connectivity index (χ1) is 7.57. The van der Waals surface area contributed by atoms with Gasteiger partial charge in [-0.05, 0) is 28.2 Å². The van der Waals surface area contributed by atoms with E-state index in [1.807, 2.05) is 0 Å². The van der Waals surface area contributed by atoms with Crippen LogP contribution in [0.1, 0.15) is 5.56 Å². The normalized spacial score (nSPS) is 11.6. The van der Waals surface area contributed by atoms with E-state index in [0.29, 0.717) is 5.56 Å². The fourth-order valence-electron chi connectivity index (χ4n) is 1.06. The minimum atomic E-state index is -0.946. The zero-order chi connectivity index (χ0) is 12.1. The molecule has 5 nitrogen and oxygen atoms in total. The molecular weight excluding hydrogens is 325 g/mol. The molecule has 6 heteroatoms. The number of nitro groups is 1. The van der Waals surface area contributed by atoms with Crippen LogP contribution in [0.3, 0.4) is 0 Å². The fourth-order valence-corrected chi connectivity index (χ4v) is 1.84. The molecule has 0 unspecified atom stereocenters. The molecule has 0 saturated carbocycles. The number of hydrogen-bond donors (Lipinski definition) is 0. The van der Waals surface area contributed by atoms with Crippen molar-refractivity contribution in [3.63, 3.8) is 0 Å². The number of esters is 1. The Morgan fingerprint density at radius 1 is 1.38 bits per heavy atom. The molecule has 0 aromatic heterocycles. The van der Waals surface area contributed by atoms with Crippen LogP contribution in [0.25, 0.3) is 3.58 Å². The summed E-state index contributed by atoms with van der Waals surface area (Å²) in [6.45, 7) is 0. The van der Waals surface area contributed by atoms with Gasteiger partial charge in [0.2, 0.25) is 0 Å². The Hall–Kier alpha value is -1.44. The summed E-state index contributed by atoms with van der Waals surface area (Å²) in [6, 6.07) is 8.64. The maximum absolute atomic E-state index is 11.2. The van der Waals surface area contributed by atoms with Gasteiger partial charge in [-0.3, -0.25) is 10.1 Å². The maximum atomic E-state index is 11.2. The van der Waals surface area contributed by atoms with Gasteiger partial charge >= 0.3 is 11.7 Å². The van der Waals surface area contributed by atoms with Crippen LogP contribution in [0.5, 0.6) is 0 Å². The Balaban J connectivity index is 3.28. The number of carbonyl (C=O) groups excluding carboxylic acids is 1. The van der Waals surface area contributed by atoms with Gasteiger partial charge in [-0.15, -0.1) is 0 Å². The lowest BCUT2D eigenvalue weighted by Crippen LogP contribution is -2.14. The average Bonchev–Trinajstić information content (AvgIpc) is 2.29. The minimum Gasteiger partial charge on any atom is -0.461 e. The largest absolute Gasteiger partial charge is 0.461 e. The van der Waals surface area contributed by atoms with E-state index in [0.717, 1.165) is 7.11 Å². The van der Waals surface area contributed by atoms with Crippen LogP contribution in [-0.4, -0.2) is 18.0 Å². The number of benzene rings is 1. The molecule has 1 rings (SSSR count). The second kappa shape index (κ2) is 5.59. The molecule has 1 aromatic rings. The Morgan fingerprint density at radius 2 is 1.94 bits per heavy atom. The molecule has 0 spiro atoms. The third-order valence-corrected chi connectivity index (χ3v) is 2.93. The molecule has 0 saturated heterocycles. The first-order valence-electron chi connectivity index (χ1n) is 4.25. The zero-order valence-electron chi connectivity index (χ0n) is 8.34. The zero-order valence-corrected chi connectivity index (χ0v) is 10.5. The van der Waals surface area contributed by atoms with E-state index < -0.39 is 16.6 Å². The van der Waals surface area contributed by atoms with E-state index in [4.69, 9.17) is 0 Å². The molecule has 0 aliphatic carbocycles. The number of methoxy groups -OCH3 is 1. The van der Waals surface area contributed by atoms with Crippen molar-refractivity contribution < 1.29 is 14.5 Å². The molecule has 84 valence electrons. The van der Waals surface area contributed by atoms with E-state index in [2.05, 4.69) is 4.74 Å². The van der Waals surface area contributed by atoms with Gasteiger partial charge in [-0.1, -0.05) is 30.3 Å². The fraction of sp³-hybridized carbons (Fsp3) is 0.100. The third kappa shape index (κ3) is 2.78. The lowest BCUT2D eigenvalue weighted by Gasteiger charge is -2.01. The van der Waals surface area contributed by atoms with Crippen molar-refractivity contribution in [1.82, 2.24) is 0 Å². The van der Waals surface area contributed by atoms with Gasteiger partial charge in [0.25, 0.3) is 0 Å². The SMILES string of the molecule is COC(=O)/C(=C(\I)c1ccccc1)[N+](=O)[O-]. The maximum Gasteiger partial charge on any atom is 0.410 e. The van der Waals surface area contributed by atoms with Crippen LogP contribution in [0.2, 0.25) is 0 Å². The van der Waals surface area contributed by atoms with Gasteiger partial charge in [0.1, 0.15) is 3.58 Å². The van der Waals surface area contributed by atoms with Crippen LogP contribution in [0.4, 0.5) is 0 Å². The van der Waals surface area contributed by atoms with Crippen molar-refractivity contribution in [2.45, 2.75) is 0 Å². The first-order valence-corrected chi connectivity index (χ1v) is 5.33. The molecule has 0 bridgehead atoms. The van der Waals surface area contributed by atoms with Gasteiger partial charge in [0, 0.05) is 0 Å². The molecular formula is C10H8INO4.